The number of unbranched alkanes of at least 4 members (excludes halogenated alkanes) is 1. The number of carbonyl (C=O) groups excluding carboxylic acids is 1. The summed E-state index contributed by atoms with van der Waals surface area (Å²) in [5, 5.41) is 13.6. The fourth-order valence-electron chi connectivity index (χ4n) is 4.59. The molecule has 1 aliphatic rings. The zero-order valence-electron chi connectivity index (χ0n) is 23.1. The number of amides is 1. The largest absolute Gasteiger partial charge is 0.494 e. The van der Waals surface area contributed by atoms with E-state index in [0.717, 1.165) is 12.8 Å². The van der Waals surface area contributed by atoms with Crippen molar-refractivity contribution in [3.63, 3.8) is 0 Å². The lowest BCUT2D eigenvalue weighted by Gasteiger charge is -2.31. The Morgan fingerprint density at radius 1 is 1.17 bits per heavy atom. The summed E-state index contributed by atoms with van der Waals surface area (Å²) >= 11 is 12.9. The van der Waals surface area contributed by atoms with Crippen LogP contribution >= 0.6 is 23.2 Å². The highest BCUT2D eigenvalue weighted by atomic mass is 35.5. The van der Waals surface area contributed by atoms with Crippen LogP contribution in [0.2, 0.25) is 10.0 Å². The predicted molar refractivity (Wildman–Crippen MR) is 163 cm³/mol. The van der Waals surface area contributed by atoms with Gasteiger partial charge in [-0.1, -0.05) is 72.0 Å². The maximum absolute atomic E-state index is 14.2. The van der Waals surface area contributed by atoms with E-state index in [1.807, 2.05) is 0 Å². The molecule has 0 aromatic heterocycles. The number of benzene rings is 3. The molecule has 1 amide bonds. The molecule has 0 spiro atoms. The molecule has 220 valence electrons. The zero-order valence-corrected chi connectivity index (χ0v) is 24.6. The van der Waals surface area contributed by atoms with Gasteiger partial charge in [0.25, 0.3) is 5.91 Å². The molecule has 4 rings (SSSR count). The van der Waals surface area contributed by atoms with E-state index in [1.165, 1.54) is 0 Å². The third-order valence-electron chi connectivity index (χ3n) is 6.74. The molecule has 3 aromatic carbocycles. The smallest absolute Gasteiger partial charge is 0.266 e. The van der Waals surface area contributed by atoms with Gasteiger partial charge in [-0.25, -0.2) is 10.4 Å². The van der Waals surface area contributed by atoms with Gasteiger partial charge in [0.15, 0.2) is 11.6 Å². The number of nitrogens with zero attached hydrogens (tertiary/aromatic N) is 4. The van der Waals surface area contributed by atoms with E-state index < -0.39 is 17.6 Å². The van der Waals surface area contributed by atoms with Crippen LogP contribution in [0.25, 0.3) is 10.4 Å². The van der Waals surface area contributed by atoms with Crippen LogP contribution in [0.5, 0.6) is 5.75 Å². The Labute approximate surface area is 254 Å². The number of hydrogen-bond acceptors (Lipinski definition) is 7. The van der Waals surface area contributed by atoms with Gasteiger partial charge >= 0.3 is 0 Å². The first-order chi connectivity index (χ1) is 20.4. The lowest BCUT2D eigenvalue weighted by Crippen LogP contribution is -2.54. The standard InChI is InChI=1S/C30H32Cl2N6O4/c1-2-3-15-34-37-29(40)30(19-21-7-4-5-8-26(21)36-38-33)27(24-14-11-22(31)18-25(24)32)42-28(35-30)20-9-12-23(13-10-20)41-17-6-16-39/h4-5,7-14,18,27,34,39H,2-3,6,15-17,19H2,1H3,(H,37,40)/t27-,30-/m0/s1. The SMILES string of the molecule is CCCCNNC(=O)[C@@]1(Cc2ccccc2N=[N+]=[N-])N=C(c2ccc(OCCCO)cc2)O[C@H]1c1ccc(Cl)cc1Cl. The van der Waals surface area contributed by atoms with E-state index in [2.05, 4.69) is 27.8 Å². The Morgan fingerprint density at radius 3 is 2.67 bits per heavy atom. The van der Waals surface area contributed by atoms with Crippen LogP contribution in [0, 0.1) is 0 Å². The van der Waals surface area contributed by atoms with Crippen LogP contribution < -0.4 is 15.6 Å². The van der Waals surface area contributed by atoms with E-state index in [9.17, 15) is 10.3 Å². The highest BCUT2D eigenvalue weighted by molar-refractivity contribution is 6.35. The molecule has 1 aliphatic heterocycles. The molecule has 2 atom stereocenters. The molecule has 3 N–H and O–H groups in total. The second-order valence-corrected chi connectivity index (χ2v) is 10.5. The Balaban J connectivity index is 1.82. The molecule has 0 aliphatic carbocycles. The number of aliphatic imine (C=N–C) groups is 1. The van der Waals surface area contributed by atoms with Gasteiger partial charge in [-0.2, -0.15) is 0 Å². The van der Waals surface area contributed by atoms with Crippen LogP contribution in [-0.2, 0) is 16.0 Å². The molecular formula is C30H32Cl2N6O4. The summed E-state index contributed by atoms with van der Waals surface area (Å²) in [4.78, 5) is 22.1. The first kappa shape index (κ1) is 31.2. The lowest BCUT2D eigenvalue weighted by atomic mass is 9.81. The van der Waals surface area contributed by atoms with Crippen LogP contribution in [0.15, 0.2) is 76.8 Å². The first-order valence-corrected chi connectivity index (χ1v) is 14.4. The average Bonchev–Trinajstić information content (AvgIpc) is 3.37. The van der Waals surface area contributed by atoms with E-state index in [0.29, 0.717) is 57.7 Å². The summed E-state index contributed by atoms with van der Waals surface area (Å²) in [6.45, 7) is 3.04. The highest BCUT2D eigenvalue weighted by Gasteiger charge is 2.54. The minimum atomic E-state index is -1.55. The monoisotopic (exact) mass is 610 g/mol. The minimum absolute atomic E-state index is 0.0393. The number of azide groups is 1. The summed E-state index contributed by atoms with van der Waals surface area (Å²) < 4.78 is 12.1. The van der Waals surface area contributed by atoms with Crippen molar-refractivity contribution in [1.82, 2.24) is 10.9 Å². The first-order valence-electron chi connectivity index (χ1n) is 13.6. The summed E-state index contributed by atoms with van der Waals surface area (Å²) in [6, 6.07) is 19.1. The van der Waals surface area contributed by atoms with Crippen LogP contribution in [0.4, 0.5) is 5.69 Å². The highest BCUT2D eigenvalue weighted by Crippen LogP contribution is 2.45. The number of ether oxygens (including phenoxy) is 2. The van der Waals surface area contributed by atoms with E-state index in [-0.39, 0.29) is 18.9 Å². The van der Waals surface area contributed by atoms with Gasteiger partial charge in [0, 0.05) is 57.8 Å². The summed E-state index contributed by atoms with van der Waals surface area (Å²) in [6.07, 6.45) is 1.41. The number of hydrogen-bond donors (Lipinski definition) is 3. The molecular weight excluding hydrogens is 579 g/mol. The van der Waals surface area contributed by atoms with E-state index >= 15 is 0 Å². The molecule has 0 fully saturated rings. The number of halogens is 2. The maximum Gasteiger partial charge on any atom is 0.266 e. The van der Waals surface area contributed by atoms with Gasteiger partial charge in [-0.15, -0.1) is 0 Å². The van der Waals surface area contributed by atoms with E-state index in [4.69, 9.17) is 42.8 Å². The number of nitrogens with one attached hydrogen (secondary N) is 2. The van der Waals surface area contributed by atoms with Crippen molar-refractivity contribution in [2.24, 2.45) is 10.1 Å². The molecule has 0 bridgehead atoms. The number of aliphatic hydroxyl groups excluding tert-OH is 1. The third kappa shape index (κ3) is 7.34. The van der Waals surface area contributed by atoms with E-state index in [1.54, 1.807) is 66.7 Å². The number of hydrazine groups is 1. The molecule has 10 nitrogen and oxygen atoms in total. The van der Waals surface area contributed by atoms with Gasteiger partial charge in [0.2, 0.25) is 5.90 Å². The Kier molecular flexibility index (Phi) is 11.1. The average molecular weight is 612 g/mol. The topological polar surface area (TPSA) is 141 Å². The molecule has 3 aromatic rings. The zero-order chi connectivity index (χ0) is 30.0. The van der Waals surface area contributed by atoms with Crippen molar-refractivity contribution >= 4 is 40.7 Å². The van der Waals surface area contributed by atoms with Crippen molar-refractivity contribution < 1.29 is 19.4 Å². The van der Waals surface area contributed by atoms with Gasteiger partial charge < -0.3 is 14.6 Å². The second-order valence-electron chi connectivity index (χ2n) is 9.68. The summed E-state index contributed by atoms with van der Waals surface area (Å²) in [5.41, 5.74) is 15.6. The second kappa shape index (κ2) is 14.9. The van der Waals surface area contributed by atoms with Crippen molar-refractivity contribution in [3.8, 4) is 5.75 Å². The van der Waals surface area contributed by atoms with Gasteiger partial charge in [-0.05, 0) is 53.9 Å². The van der Waals surface area contributed by atoms with Gasteiger partial charge in [0.05, 0.1) is 6.61 Å². The van der Waals surface area contributed by atoms with Crippen molar-refractivity contribution in [3.05, 3.63) is 104 Å². The number of rotatable bonds is 14. The molecule has 0 unspecified atom stereocenters. The molecule has 0 saturated heterocycles. The van der Waals surface area contributed by atoms with Gasteiger partial charge in [0.1, 0.15) is 5.75 Å². The Morgan fingerprint density at radius 2 is 1.95 bits per heavy atom. The number of aliphatic hydroxyl groups is 1. The fourth-order valence-corrected chi connectivity index (χ4v) is 5.09. The Hall–Kier alpha value is -3.79. The number of carbonyl (C=O) groups is 1. The van der Waals surface area contributed by atoms with Crippen molar-refractivity contribution in [2.75, 3.05) is 19.8 Å². The Bertz CT molecular complexity index is 1460. The summed E-state index contributed by atoms with van der Waals surface area (Å²) in [5.74, 6) is 0.415. The molecule has 0 radical (unpaired) electrons. The third-order valence-corrected chi connectivity index (χ3v) is 7.30. The lowest BCUT2D eigenvalue weighted by molar-refractivity contribution is -0.130. The maximum atomic E-state index is 14.2. The minimum Gasteiger partial charge on any atom is -0.494 e. The van der Waals surface area contributed by atoms with Crippen molar-refractivity contribution in [2.45, 2.75) is 44.2 Å². The van der Waals surface area contributed by atoms with Gasteiger partial charge in [-0.3, -0.25) is 10.2 Å². The molecule has 12 heteroatoms. The quantitative estimate of drug-likeness (QED) is 0.0618. The van der Waals surface area contributed by atoms with Crippen LogP contribution in [-0.4, -0.2) is 42.2 Å². The normalized spacial score (nSPS) is 17.6. The predicted octanol–water partition coefficient (Wildman–Crippen LogP) is 6.62. The summed E-state index contributed by atoms with van der Waals surface area (Å²) in [7, 11) is 0. The fraction of sp³-hybridized carbons (Fsp3) is 0.333. The molecule has 42 heavy (non-hydrogen) atoms. The van der Waals surface area contributed by atoms with Crippen molar-refractivity contribution in [1.29, 1.82) is 0 Å². The molecule has 0 saturated carbocycles. The van der Waals surface area contributed by atoms with Crippen LogP contribution in [0.3, 0.4) is 0 Å². The van der Waals surface area contributed by atoms with Crippen LogP contribution in [0.1, 0.15) is 49.0 Å². The molecule has 1 heterocycles.